The van der Waals surface area contributed by atoms with Crippen LogP contribution in [0.15, 0.2) is 24.4 Å². The Kier molecular flexibility index (Phi) is 2.71. The van der Waals surface area contributed by atoms with Gasteiger partial charge in [-0.2, -0.15) is 5.10 Å². The highest BCUT2D eigenvalue weighted by Crippen LogP contribution is 2.27. The molecule has 0 saturated carbocycles. The van der Waals surface area contributed by atoms with E-state index in [4.69, 9.17) is 17.3 Å². The number of aromatic nitrogens is 4. The first-order chi connectivity index (χ1) is 9.10. The molecule has 0 unspecified atom stereocenters. The van der Waals surface area contributed by atoms with E-state index >= 15 is 0 Å². The molecule has 0 aliphatic rings. The molecular formula is C13H14ClN5. The summed E-state index contributed by atoms with van der Waals surface area (Å²) in [4.78, 5) is 4.36. The Morgan fingerprint density at radius 3 is 2.89 bits per heavy atom. The van der Waals surface area contributed by atoms with Gasteiger partial charge in [-0.05, 0) is 24.6 Å². The summed E-state index contributed by atoms with van der Waals surface area (Å²) in [5.41, 5.74) is 9.69. The van der Waals surface area contributed by atoms with Crippen LogP contribution in [-0.2, 0) is 13.5 Å². The van der Waals surface area contributed by atoms with E-state index < -0.39 is 0 Å². The summed E-state index contributed by atoms with van der Waals surface area (Å²) in [6.07, 6.45) is 2.77. The summed E-state index contributed by atoms with van der Waals surface area (Å²) in [5, 5.41) is 5.10. The fourth-order valence-electron chi connectivity index (χ4n) is 2.28. The van der Waals surface area contributed by atoms with Crippen molar-refractivity contribution in [3.05, 3.63) is 35.1 Å². The lowest BCUT2D eigenvalue weighted by atomic mass is 10.2. The SMILES string of the molecule is CCc1nn(C)cc1-n1c(N)nc2ccc(Cl)cc21. The molecule has 0 saturated heterocycles. The van der Waals surface area contributed by atoms with Gasteiger partial charge in [-0.3, -0.25) is 9.25 Å². The molecule has 3 aromatic rings. The van der Waals surface area contributed by atoms with Gasteiger partial charge in [0.25, 0.3) is 0 Å². The zero-order chi connectivity index (χ0) is 13.6. The Balaban J connectivity index is 2.34. The number of anilines is 1. The summed E-state index contributed by atoms with van der Waals surface area (Å²) in [5.74, 6) is 0.444. The lowest BCUT2D eigenvalue weighted by Crippen LogP contribution is -2.02. The first-order valence-corrected chi connectivity index (χ1v) is 6.44. The van der Waals surface area contributed by atoms with Crippen LogP contribution in [0.25, 0.3) is 16.7 Å². The van der Waals surface area contributed by atoms with Crippen molar-refractivity contribution in [2.75, 3.05) is 5.73 Å². The number of nitrogens with zero attached hydrogens (tertiary/aromatic N) is 4. The van der Waals surface area contributed by atoms with E-state index in [1.807, 2.05) is 36.0 Å². The molecule has 0 bridgehead atoms. The quantitative estimate of drug-likeness (QED) is 0.782. The molecule has 0 atom stereocenters. The maximum atomic E-state index is 6.06. The fraction of sp³-hybridized carbons (Fsp3) is 0.231. The van der Waals surface area contributed by atoms with E-state index in [2.05, 4.69) is 17.0 Å². The molecule has 0 aliphatic carbocycles. The number of rotatable bonds is 2. The number of hydrogen-bond donors (Lipinski definition) is 1. The third-order valence-electron chi connectivity index (χ3n) is 3.10. The Bertz CT molecular complexity index is 756. The van der Waals surface area contributed by atoms with Crippen LogP contribution in [0.4, 0.5) is 5.95 Å². The average molecular weight is 276 g/mol. The highest BCUT2D eigenvalue weighted by atomic mass is 35.5. The van der Waals surface area contributed by atoms with Gasteiger partial charge in [0.15, 0.2) is 0 Å². The van der Waals surface area contributed by atoms with Gasteiger partial charge in [-0.1, -0.05) is 18.5 Å². The standard InChI is InChI=1S/C13H14ClN5/c1-3-9-12(7-18(2)17-9)19-11-6-8(14)4-5-10(11)16-13(19)15/h4-7H,3H2,1-2H3,(H2,15,16). The van der Waals surface area contributed by atoms with E-state index in [0.29, 0.717) is 11.0 Å². The van der Waals surface area contributed by atoms with Crippen LogP contribution in [0, 0.1) is 0 Å². The lowest BCUT2D eigenvalue weighted by molar-refractivity contribution is 0.746. The van der Waals surface area contributed by atoms with Crippen molar-refractivity contribution in [1.29, 1.82) is 0 Å². The van der Waals surface area contributed by atoms with E-state index in [0.717, 1.165) is 28.8 Å². The van der Waals surface area contributed by atoms with Crippen LogP contribution in [0.1, 0.15) is 12.6 Å². The van der Waals surface area contributed by atoms with Crippen LogP contribution in [0.3, 0.4) is 0 Å². The summed E-state index contributed by atoms with van der Waals surface area (Å²) in [6, 6.07) is 5.55. The molecule has 2 aromatic heterocycles. The smallest absolute Gasteiger partial charge is 0.206 e. The second-order valence-corrected chi connectivity index (χ2v) is 4.86. The molecule has 0 aliphatic heterocycles. The van der Waals surface area contributed by atoms with Gasteiger partial charge < -0.3 is 5.73 Å². The van der Waals surface area contributed by atoms with Gasteiger partial charge in [0.1, 0.15) is 0 Å². The highest BCUT2D eigenvalue weighted by Gasteiger charge is 2.15. The van der Waals surface area contributed by atoms with Crippen LogP contribution in [0.5, 0.6) is 0 Å². The minimum atomic E-state index is 0.444. The fourth-order valence-corrected chi connectivity index (χ4v) is 2.45. The van der Waals surface area contributed by atoms with Crippen molar-refractivity contribution in [3.63, 3.8) is 0 Å². The molecular weight excluding hydrogens is 262 g/mol. The summed E-state index contributed by atoms with van der Waals surface area (Å²) in [6.45, 7) is 2.06. The van der Waals surface area contributed by atoms with Gasteiger partial charge >= 0.3 is 0 Å². The number of fused-ring (bicyclic) bond motifs is 1. The molecule has 19 heavy (non-hydrogen) atoms. The number of halogens is 1. The number of aryl methyl sites for hydroxylation is 2. The molecule has 2 N–H and O–H groups in total. The Morgan fingerprint density at radius 1 is 1.37 bits per heavy atom. The van der Waals surface area contributed by atoms with Crippen LogP contribution >= 0.6 is 11.6 Å². The zero-order valence-corrected chi connectivity index (χ0v) is 11.5. The molecule has 5 nitrogen and oxygen atoms in total. The topological polar surface area (TPSA) is 61.7 Å². The van der Waals surface area contributed by atoms with Gasteiger partial charge in [-0.15, -0.1) is 0 Å². The molecule has 0 fully saturated rings. The third-order valence-corrected chi connectivity index (χ3v) is 3.34. The van der Waals surface area contributed by atoms with E-state index in [-0.39, 0.29) is 0 Å². The first kappa shape index (κ1) is 12.0. The molecule has 0 amide bonds. The molecule has 0 spiro atoms. The van der Waals surface area contributed by atoms with Crippen molar-refractivity contribution in [2.45, 2.75) is 13.3 Å². The third kappa shape index (κ3) is 1.86. The minimum absolute atomic E-state index is 0.444. The second-order valence-electron chi connectivity index (χ2n) is 4.43. The minimum Gasteiger partial charge on any atom is -0.369 e. The molecule has 3 rings (SSSR count). The van der Waals surface area contributed by atoms with Crippen molar-refractivity contribution in [1.82, 2.24) is 19.3 Å². The van der Waals surface area contributed by atoms with E-state index in [1.54, 1.807) is 4.68 Å². The summed E-state index contributed by atoms with van der Waals surface area (Å²) >= 11 is 6.06. The van der Waals surface area contributed by atoms with Crippen LogP contribution in [-0.4, -0.2) is 19.3 Å². The second kappa shape index (κ2) is 4.28. The number of nitrogen functional groups attached to an aromatic ring is 1. The van der Waals surface area contributed by atoms with Gasteiger partial charge in [-0.25, -0.2) is 4.98 Å². The predicted octanol–water partition coefficient (Wildman–Crippen LogP) is 2.56. The maximum Gasteiger partial charge on any atom is 0.206 e. The van der Waals surface area contributed by atoms with Gasteiger partial charge in [0.05, 0.1) is 22.4 Å². The monoisotopic (exact) mass is 275 g/mol. The average Bonchev–Trinajstić information content (AvgIpc) is 2.88. The molecule has 1 aromatic carbocycles. The van der Waals surface area contributed by atoms with Crippen molar-refractivity contribution < 1.29 is 0 Å². The Morgan fingerprint density at radius 2 is 2.16 bits per heavy atom. The van der Waals surface area contributed by atoms with Crippen LogP contribution < -0.4 is 5.73 Å². The van der Waals surface area contributed by atoms with E-state index in [9.17, 15) is 0 Å². The highest BCUT2D eigenvalue weighted by molar-refractivity contribution is 6.31. The number of benzene rings is 1. The van der Waals surface area contributed by atoms with Crippen LogP contribution in [0.2, 0.25) is 5.02 Å². The summed E-state index contributed by atoms with van der Waals surface area (Å²) < 4.78 is 3.68. The zero-order valence-electron chi connectivity index (χ0n) is 10.8. The molecule has 2 heterocycles. The van der Waals surface area contributed by atoms with Gasteiger partial charge in [0, 0.05) is 18.3 Å². The number of imidazole rings is 1. The Hall–Kier alpha value is -2.01. The number of nitrogens with two attached hydrogens (primary N) is 1. The summed E-state index contributed by atoms with van der Waals surface area (Å²) in [7, 11) is 1.89. The van der Waals surface area contributed by atoms with Crippen molar-refractivity contribution >= 4 is 28.6 Å². The van der Waals surface area contributed by atoms with Crippen molar-refractivity contribution in [2.24, 2.45) is 7.05 Å². The van der Waals surface area contributed by atoms with Crippen molar-refractivity contribution in [3.8, 4) is 5.69 Å². The van der Waals surface area contributed by atoms with E-state index in [1.165, 1.54) is 0 Å². The van der Waals surface area contributed by atoms with Gasteiger partial charge in [0.2, 0.25) is 5.95 Å². The Labute approximate surface area is 115 Å². The largest absolute Gasteiger partial charge is 0.369 e. The number of hydrogen-bond acceptors (Lipinski definition) is 3. The maximum absolute atomic E-state index is 6.06. The molecule has 6 heteroatoms. The first-order valence-electron chi connectivity index (χ1n) is 6.06. The lowest BCUT2D eigenvalue weighted by Gasteiger charge is -2.05. The normalized spacial score (nSPS) is 11.3. The molecule has 98 valence electrons. The molecule has 0 radical (unpaired) electrons. The predicted molar refractivity (Wildman–Crippen MR) is 76.6 cm³/mol.